The van der Waals surface area contributed by atoms with E-state index in [4.69, 9.17) is 9.15 Å². The molecule has 1 saturated heterocycles. The van der Waals surface area contributed by atoms with Crippen LogP contribution in [0.2, 0.25) is 0 Å². The van der Waals surface area contributed by atoms with Crippen molar-refractivity contribution in [2.75, 3.05) is 20.2 Å². The van der Waals surface area contributed by atoms with Crippen LogP contribution in [-0.2, 0) is 11.3 Å². The number of para-hydroxylation sites is 1. The van der Waals surface area contributed by atoms with Crippen LogP contribution in [0.25, 0.3) is 22.2 Å². The van der Waals surface area contributed by atoms with Crippen molar-refractivity contribution in [3.8, 4) is 17.2 Å². The third-order valence-electron chi connectivity index (χ3n) is 7.45. The molecule has 0 spiro atoms. The molecule has 41 heavy (non-hydrogen) atoms. The lowest BCUT2D eigenvalue weighted by molar-refractivity contribution is -0.118. The minimum absolute atomic E-state index is 0.189. The smallest absolute Gasteiger partial charge is 0.263 e. The van der Waals surface area contributed by atoms with E-state index in [1.807, 2.05) is 37.3 Å². The first kappa shape index (κ1) is 28.9. The Labute approximate surface area is 244 Å². The molecule has 3 aromatic heterocycles. The number of fused-ring (bicyclic) bond motifs is 1. The molecule has 1 amide bonds. The van der Waals surface area contributed by atoms with Gasteiger partial charge in [0, 0.05) is 18.2 Å². The number of nitrogens with zero attached hydrogens (tertiary/aromatic N) is 4. The Morgan fingerprint density at radius 2 is 1.95 bits per heavy atom. The molecule has 216 valence electrons. The fourth-order valence-electron chi connectivity index (χ4n) is 5.13. The van der Waals surface area contributed by atoms with Crippen molar-refractivity contribution in [1.29, 1.82) is 0 Å². The van der Waals surface area contributed by atoms with Gasteiger partial charge in [0.25, 0.3) is 5.91 Å². The lowest BCUT2D eigenvalue weighted by Crippen LogP contribution is -2.28. The molecule has 1 aliphatic rings. The summed E-state index contributed by atoms with van der Waals surface area (Å²) in [6.07, 6.45) is 10.1. The molecule has 0 aliphatic carbocycles. The Balaban J connectivity index is 1.33. The second-order valence-corrected chi connectivity index (χ2v) is 11.5. The van der Waals surface area contributed by atoms with E-state index in [0.29, 0.717) is 47.2 Å². The minimum Gasteiger partial charge on any atom is -0.480 e. The molecule has 0 bridgehead atoms. The van der Waals surface area contributed by atoms with E-state index in [1.54, 1.807) is 19.5 Å². The van der Waals surface area contributed by atoms with Crippen molar-refractivity contribution in [2.24, 2.45) is 0 Å². The quantitative estimate of drug-likeness (QED) is 0.173. The number of likely N-dealkylation sites (tertiary alicyclic amines) is 1. The monoisotopic (exact) mass is 575 g/mol. The number of pyridine rings is 1. The van der Waals surface area contributed by atoms with Crippen molar-refractivity contribution in [3.63, 3.8) is 0 Å². The highest BCUT2D eigenvalue weighted by Gasteiger charge is 2.24. The van der Waals surface area contributed by atoms with E-state index >= 15 is 0 Å². The minimum atomic E-state index is -0.429. The summed E-state index contributed by atoms with van der Waals surface area (Å²) in [5.74, 6) is 1.48. The van der Waals surface area contributed by atoms with Crippen molar-refractivity contribution in [2.45, 2.75) is 70.9 Å². The number of nitrogens with one attached hydrogen (secondary N) is 1. The van der Waals surface area contributed by atoms with Crippen molar-refractivity contribution in [3.05, 3.63) is 58.5 Å². The Kier molecular flexibility index (Phi) is 9.74. The van der Waals surface area contributed by atoms with Gasteiger partial charge in [-0.25, -0.2) is 15.0 Å². The van der Waals surface area contributed by atoms with Crippen LogP contribution in [0.3, 0.4) is 0 Å². The fourth-order valence-corrected chi connectivity index (χ4v) is 6.00. The van der Waals surface area contributed by atoms with Gasteiger partial charge in [0.05, 0.1) is 37.1 Å². The number of carbonyl (C=O) groups excluding carboxylic acids is 2. The number of benzene rings is 1. The summed E-state index contributed by atoms with van der Waals surface area (Å²) in [6.45, 7) is 4.83. The van der Waals surface area contributed by atoms with Crippen LogP contribution in [0.4, 0.5) is 0 Å². The van der Waals surface area contributed by atoms with Gasteiger partial charge in [-0.15, -0.1) is 11.3 Å². The van der Waals surface area contributed by atoms with Gasteiger partial charge >= 0.3 is 0 Å². The SMILES string of the molecule is CCC(=O)CCCCC[C@H](NC(=O)c1cnc(CN2CCCC2)s1)c1ncc(-c2cc3ccccc3nc2OC)o1. The summed E-state index contributed by atoms with van der Waals surface area (Å²) in [5, 5.41) is 5.05. The Bertz CT molecular complexity index is 1480. The zero-order valence-corrected chi connectivity index (χ0v) is 24.5. The van der Waals surface area contributed by atoms with Gasteiger partial charge in [-0.1, -0.05) is 38.0 Å². The third-order valence-corrected chi connectivity index (χ3v) is 8.43. The number of rotatable bonds is 14. The largest absolute Gasteiger partial charge is 0.480 e. The molecule has 1 aromatic carbocycles. The molecule has 0 saturated carbocycles. The number of oxazole rings is 1. The van der Waals surface area contributed by atoms with Crippen LogP contribution >= 0.6 is 11.3 Å². The van der Waals surface area contributed by atoms with E-state index in [-0.39, 0.29) is 11.7 Å². The second-order valence-electron chi connectivity index (χ2n) is 10.4. The summed E-state index contributed by atoms with van der Waals surface area (Å²) < 4.78 is 11.8. The van der Waals surface area contributed by atoms with Gasteiger partial charge in [0.15, 0.2) is 5.76 Å². The summed E-state index contributed by atoms with van der Waals surface area (Å²) >= 11 is 1.43. The number of thiazole rings is 1. The average molecular weight is 576 g/mol. The zero-order chi connectivity index (χ0) is 28.6. The Morgan fingerprint density at radius 1 is 1.12 bits per heavy atom. The first-order valence-corrected chi connectivity index (χ1v) is 15.2. The van der Waals surface area contributed by atoms with Crippen molar-refractivity contribution >= 4 is 33.9 Å². The first-order valence-electron chi connectivity index (χ1n) is 14.4. The molecule has 1 atom stereocenters. The van der Waals surface area contributed by atoms with Gasteiger partial charge in [0.1, 0.15) is 21.7 Å². The number of aromatic nitrogens is 3. The predicted octanol–water partition coefficient (Wildman–Crippen LogP) is 6.35. The van der Waals surface area contributed by atoms with Crippen molar-refractivity contribution in [1.82, 2.24) is 25.2 Å². The normalized spacial score (nSPS) is 14.4. The summed E-state index contributed by atoms with van der Waals surface area (Å²) in [4.78, 5) is 41.7. The Hall–Kier alpha value is -3.63. The molecule has 1 N–H and O–H groups in total. The predicted molar refractivity (Wildman–Crippen MR) is 159 cm³/mol. The van der Waals surface area contributed by atoms with Crippen LogP contribution in [0, 0.1) is 0 Å². The number of carbonyl (C=O) groups is 2. The highest BCUT2D eigenvalue weighted by molar-refractivity contribution is 7.13. The van der Waals surface area contributed by atoms with Crippen LogP contribution < -0.4 is 10.1 Å². The van der Waals surface area contributed by atoms with Gasteiger partial charge in [-0.05, 0) is 50.9 Å². The zero-order valence-electron chi connectivity index (χ0n) is 23.7. The molecule has 10 heteroatoms. The number of hydrogen-bond acceptors (Lipinski definition) is 9. The molecular weight excluding hydrogens is 538 g/mol. The van der Waals surface area contributed by atoms with Crippen molar-refractivity contribution < 1.29 is 18.7 Å². The number of hydrogen-bond donors (Lipinski definition) is 1. The van der Waals surface area contributed by atoms with Crippen LogP contribution in [0.5, 0.6) is 5.88 Å². The highest BCUT2D eigenvalue weighted by atomic mass is 32.1. The average Bonchev–Trinajstić information content (AvgIpc) is 3.78. The molecule has 0 unspecified atom stereocenters. The maximum absolute atomic E-state index is 13.3. The number of amides is 1. The van der Waals surface area contributed by atoms with Gasteiger partial charge in [0.2, 0.25) is 11.8 Å². The maximum atomic E-state index is 13.3. The Morgan fingerprint density at radius 3 is 2.76 bits per heavy atom. The molecule has 1 aliphatic heterocycles. The van der Waals surface area contributed by atoms with E-state index in [2.05, 4.69) is 25.2 Å². The third kappa shape index (κ3) is 7.37. The number of ether oxygens (including phenoxy) is 1. The van der Waals surface area contributed by atoms with Gasteiger partial charge < -0.3 is 14.5 Å². The van der Waals surface area contributed by atoms with E-state index in [1.165, 1.54) is 24.2 Å². The second kappa shape index (κ2) is 13.8. The lowest BCUT2D eigenvalue weighted by Gasteiger charge is -2.15. The topological polar surface area (TPSA) is 110 Å². The van der Waals surface area contributed by atoms with E-state index in [9.17, 15) is 9.59 Å². The van der Waals surface area contributed by atoms with Crippen LogP contribution in [0.15, 0.2) is 47.1 Å². The van der Waals surface area contributed by atoms with Gasteiger partial charge in [-0.3, -0.25) is 14.5 Å². The first-order chi connectivity index (χ1) is 20.0. The summed E-state index contributed by atoms with van der Waals surface area (Å²) in [6, 6.07) is 9.36. The molecule has 1 fully saturated rings. The highest BCUT2D eigenvalue weighted by Crippen LogP contribution is 2.34. The molecule has 0 radical (unpaired) electrons. The lowest BCUT2D eigenvalue weighted by atomic mass is 10.0. The number of unbranched alkanes of at least 4 members (excludes halogenated alkanes) is 2. The maximum Gasteiger partial charge on any atom is 0.263 e. The summed E-state index contributed by atoms with van der Waals surface area (Å²) in [5.41, 5.74) is 1.52. The number of methoxy groups -OCH3 is 1. The molecule has 4 aromatic rings. The molecule has 9 nitrogen and oxygen atoms in total. The van der Waals surface area contributed by atoms with Crippen LogP contribution in [0.1, 0.15) is 84.9 Å². The number of Topliss-reactive ketones (excluding diaryl/α,β-unsaturated/α-hetero) is 1. The standard InChI is InChI=1S/C31H37N5O4S/c1-3-22(37)12-5-4-6-14-25(34-29(38)27-19-32-28(41-27)20-36-15-9-10-16-36)31-33-18-26(40-31)23-17-21-11-7-8-13-24(21)35-30(23)39-2/h7-8,11,13,17-19,25H,3-6,9-10,12,14-16,20H2,1-2H3,(H,34,38)/t25-/m0/s1. The molecular formula is C31H37N5O4S. The fraction of sp³-hybridized carbons (Fsp3) is 0.452. The summed E-state index contributed by atoms with van der Waals surface area (Å²) in [7, 11) is 1.58. The van der Waals surface area contributed by atoms with E-state index in [0.717, 1.165) is 54.8 Å². The van der Waals surface area contributed by atoms with Gasteiger partial charge in [-0.2, -0.15) is 0 Å². The van der Waals surface area contributed by atoms with Crippen LogP contribution in [-0.4, -0.2) is 51.7 Å². The number of ketones is 1. The molecule has 5 rings (SSSR count). The van der Waals surface area contributed by atoms with E-state index < -0.39 is 6.04 Å². The molecule has 4 heterocycles.